The summed E-state index contributed by atoms with van der Waals surface area (Å²) in [5, 5.41) is 1.34. The molecule has 0 spiro atoms. The van der Waals surface area contributed by atoms with Crippen LogP contribution in [0.25, 0.3) is 16.6 Å². The van der Waals surface area contributed by atoms with Crippen molar-refractivity contribution >= 4 is 22.7 Å². The van der Waals surface area contributed by atoms with Crippen LogP contribution in [-0.4, -0.2) is 0 Å². The summed E-state index contributed by atoms with van der Waals surface area (Å²) < 4.78 is 2.31. The predicted octanol–water partition coefficient (Wildman–Crippen LogP) is 3.89. The van der Waals surface area contributed by atoms with Crippen molar-refractivity contribution in [3.05, 3.63) is 60.3 Å². The molecule has 0 amide bonds. The molecule has 4 rings (SSSR count). The number of hydrogen-bond donors (Lipinski definition) is 0. The lowest BCUT2D eigenvalue weighted by molar-refractivity contribution is -0.571. The molecule has 0 radical (unpaired) electrons. The zero-order chi connectivity index (χ0) is 12.1. The van der Waals surface area contributed by atoms with E-state index in [1.165, 1.54) is 31.9 Å². The molecule has 0 aliphatic carbocycles. The average molecular weight is 250 g/mol. The van der Waals surface area contributed by atoms with E-state index in [9.17, 15) is 0 Å². The van der Waals surface area contributed by atoms with Gasteiger partial charge in [0.2, 0.25) is 11.2 Å². The Labute approximate surface area is 110 Å². The molecule has 0 atom stereocenters. The Kier molecular flexibility index (Phi) is 2.03. The standard InChI is InChI=1S/C16H12NS/c1-11-9-10-17-13-6-2-3-7-14(13)18-15-8-4-5-12(11)16(15)17/h2-10H,1H3/q+1. The molecule has 0 N–H and O–H groups in total. The van der Waals surface area contributed by atoms with E-state index in [1.807, 2.05) is 11.8 Å². The lowest BCUT2D eigenvalue weighted by Gasteiger charge is -2.14. The Morgan fingerprint density at radius 3 is 2.67 bits per heavy atom. The topological polar surface area (TPSA) is 3.88 Å². The van der Waals surface area contributed by atoms with Crippen LogP contribution >= 0.6 is 11.8 Å². The first-order chi connectivity index (χ1) is 8.84. The van der Waals surface area contributed by atoms with Crippen LogP contribution in [-0.2, 0) is 0 Å². The first-order valence-corrected chi connectivity index (χ1v) is 6.87. The zero-order valence-corrected chi connectivity index (χ0v) is 10.9. The van der Waals surface area contributed by atoms with Crippen molar-refractivity contribution in [1.82, 2.24) is 0 Å². The summed E-state index contributed by atoms with van der Waals surface area (Å²) in [5.41, 5.74) is 3.95. The number of rotatable bonds is 0. The fourth-order valence-corrected chi connectivity index (χ4v) is 3.69. The van der Waals surface area contributed by atoms with Gasteiger partial charge in [-0.15, -0.1) is 0 Å². The van der Waals surface area contributed by atoms with Crippen molar-refractivity contribution in [2.24, 2.45) is 0 Å². The highest BCUT2D eigenvalue weighted by atomic mass is 32.2. The van der Waals surface area contributed by atoms with E-state index in [1.54, 1.807) is 0 Å². The number of fused-ring (bicyclic) bond motifs is 2. The van der Waals surface area contributed by atoms with Gasteiger partial charge in [0.25, 0.3) is 0 Å². The Morgan fingerprint density at radius 2 is 1.72 bits per heavy atom. The maximum Gasteiger partial charge on any atom is 0.232 e. The average Bonchev–Trinajstić information content (AvgIpc) is 2.42. The molecule has 0 saturated heterocycles. The Morgan fingerprint density at radius 1 is 0.889 bits per heavy atom. The molecule has 0 bridgehead atoms. The van der Waals surface area contributed by atoms with E-state index >= 15 is 0 Å². The van der Waals surface area contributed by atoms with Gasteiger partial charge < -0.3 is 0 Å². The highest BCUT2D eigenvalue weighted by Gasteiger charge is 2.26. The molecule has 86 valence electrons. The van der Waals surface area contributed by atoms with Gasteiger partial charge in [-0.05, 0) is 30.7 Å². The fourth-order valence-electron chi connectivity index (χ4n) is 2.58. The maximum atomic E-state index is 2.31. The quantitative estimate of drug-likeness (QED) is 0.428. The molecule has 1 aliphatic heterocycles. The van der Waals surface area contributed by atoms with Gasteiger partial charge in [0, 0.05) is 12.1 Å². The van der Waals surface area contributed by atoms with Crippen LogP contribution in [0, 0.1) is 6.92 Å². The van der Waals surface area contributed by atoms with Gasteiger partial charge in [-0.3, -0.25) is 0 Å². The Hall–Kier alpha value is -1.80. The normalized spacial score (nSPS) is 12.5. The molecule has 1 aromatic heterocycles. The molecule has 18 heavy (non-hydrogen) atoms. The summed E-state index contributed by atoms with van der Waals surface area (Å²) >= 11 is 1.86. The monoisotopic (exact) mass is 250 g/mol. The van der Waals surface area contributed by atoms with Crippen molar-refractivity contribution in [2.45, 2.75) is 16.7 Å². The molecule has 1 nitrogen and oxygen atoms in total. The van der Waals surface area contributed by atoms with Crippen LogP contribution in [0.4, 0.5) is 0 Å². The molecule has 2 heterocycles. The number of hydrogen-bond acceptors (Lipinski definition) is 1. The highest BCUT2D eigenvalue weighted by Crippen LogP contribution is 2.38. The second kappa shape index (κ2) is 3.59. The summed E-state index contributed by atoms with van der Waals surface area (Å²) in [6, 6.07) is 17.3. The molecule has 1 aliphatic rings. The molecule has 0 fully saturated rings. The van der Waals surface area contributed by atoms with Gasteiger partial charge in [-0.1, -0.05) is 30.0 Å². The Balaban J connectivity index is 2.22. The lowest BCUT2D eigenvalue weighted by Crippen LogP contribution is -2.34. The number of pyridine rings is 1. The SMILES string of the molecule is Cc1cc[n+]2c3c(cccc13)Sc1ccccc1-2. The van der Waals surface area contributed by atoms with Gasteiger partial charge in [-0.2, -0.15) is 4.57 Å². The van der Waals surface area contributed by atoms with Gasteiger partial charge >= 0.3 is 0 Å². The first kappa shape index (κ1) is 10.2. The summed E-state index contributed by atoms with van der Waals surface area (Å²) in [6.07, 6.45) is 2.18. The second-order valence-corrected chi connectivity index (χ2v) is 5.67. The minimum atomic E-state index is 1.28. The third-order valence-corrected chi connectivity index (χ3v) is 4.60. The van der Waals surface area contributed by atoms with Gasteiger partial charge in [0.15, 0.2) is 6.20 Å². The van der Waals surface area contributed by atoms with Crippen molar-refractivity contribution in [2.75, 3.05) is 0 Å². The number of para-hydroxylation sites is 2. The molecular formula is C16H12NS+. The van der Waals surface area contributed by atoms with E-state index < -0.39 is 0 Å². The number of aromatic nitrogens is 1. The molecule has 3 aromatic rings. The van der Waals surface area contributed by atoms with Crippen molar-refractivity contribution in [3.63, 3.8) is 0 Å². The van der Waals surface area contributed by atoms with Crippen molar-refractivity contribution in [1.29, 1.82) is 0 Å². The van der Waals surface area contributed by atoms with E-state index in [2.05, 4.69) is 66.2 Å². The predicted molar refractivity (Wildman–Crippen MR) is 74.3 cm³/mol. The molecular weight excluding hydrogens is 238 g/mol. The summed E-state index contributed by atoms with van der Waals surface area (Å²) in [7, 11) is 0. The number of benzene rings is 2. The molecule has 2 aromatic carbocycles. The van der Waals surface area contributed by atoms with Crippen LogP contribution in [0.3, 0.4) is 0 Å². The second-order valence-electron chi connectivity index (χ2n) is 4.59. The molecule has 0 saturated carbocycles. The van der Waals surface area contributed by atoms with Crippen LogP contribution in [0.1, 0.15) is 5.56 Å². The largest absolute Gasteiger partial charge is 0.232 e. The molecule has 2 heteroatoms. The smallest absolute Gasteiger partial charge is 0.158 e. The number of nitrogens with zero attached hydrogens (tertiary/aromatic N) is 1. The first-order valence-electron chi connectivity index (χ1n) is 6.06. The van der Waals surface area contributed by atoms with E-state index in [4.69, 9.17) is 0 Å². The summed E-state index contributed by atoms with van der Waals surface area (Å²) in [6.45, 7) is 2.18. The van der Waals surface area contributed by atoms with Gasteiger partial charge in [-0.25, -0.2) is 0 Å². The minimum Gasteiger partial charge on any atom is -0.158 e. The third kappa shape index (κ3) is 1.27. The van der Waals surface area contributed by atoms with Crippen LogP contribution in [0.5, 0.6) is 0 Å². The van der Waals surface area contributed by atoms with Crippen molar-refractivity contribution in [3.8, 4) is 5.69 Å². The van der Waals surface area contributed by atoms with E-state index in [0.29, 0.717) is 0 Å². The highest BCUT2D eigenvalue weighted by molar-refractivity contribution is 7.99. The van der Waals surface area contributed by atoms with E-state index in [0.717, 1.165) is 0 Å². The van der Waals surface area contributed by atoms with Gasteiger partial charge in [0.05, 0.1) is 15.2 Å². The maximum absolute atomic E-state index is 2.31. The zero-order valence-electron chi connectivity index (χ0n) is 10.1. The van der Waals surface area contributed by atoms with Crippen LogP contribution < -0.4 is 4.57 Å². The van der Waals surface area contributed by atoms with Gasteiger partial charge in [0.1, 0.15) is 0 Å². The van der Waals surface area contributed by atoms with Crippen molar-refractivity contribution < 1.29 is 4.57 Å². The number of aryl methyl sites for hydroxylation is 1. The molecule has 0 unspecified atom stereocenters. The van der Waals surface area contributed by atoms with E-state index in [-0.39, 0.29) is 0 Å². The van der Waals surface area contributed by atoms with Crippen LogP contribution in [0.2, 0.25) is 0 Å². The minimum absolute atomic E-state index is 1.28. The summed E-state index contributed by atoms with van der Waals surface area (Å²) in [5.74, 6) is 0. The summed E-state index contributed by atoms with van der Waals surface area (Å²) in [4.78, 5) is 2.67. The third-order valence-electron chi connectivity index (χ3n) is 3.48. The lowest BCUT2D eigenvalue weighted by atomic mass is 10.1. The fraction of sp³-hybridized carbons (Fsp3) is 0.0625. The van der Waals surface area contributed by atoms with Crippen LogP contribution in [0.15, 0.2) is 64.5 Å². The Bertz CT molecular complexity index is 777.